The zero-order valence-corrected chi connectivity index (χ0v) is 15.1. The number of hydrogen-bond acceptors (Lipinski definition) is 5. The van der Waals surface area contributed by atoms with Gasteiger partial charge < -0.3 is 5.32 Å². The van der Waals surface area contributed by atoms with E-state index in [1.54, 1.807) is 35.5 Å². The second-order valence-corrected chi connectivity index (χ2v) is 6.85. The second kappa shape index (κ2) is 8.13. The molecule has 1 heterocycles. The molecule has 0 radical (unpaired) electrons. The van der Waals surface area contributed by atoms with E-state index in [4.69, 9.17) is 11.6 Å². The summed E-state index contributed by atoms with van der Waals surface area (Å²) in [5.74, 6) is 1.32. The van der Waals surface area contributed by atoms with Crippen LogP contribution >= 0.6 is 23.4 Å². The summed E-state index contributed by atoms with van der Waals surface area (Å²) >= 11 is 7.53. The van der Waals surface area contributed by atoms with E-state index in [9.17, 15) is 4.79 Å². The third-order valence-electron chi connectivity index (χ3n) is 3.45. The van der Waals surface area contributed by atoms with Crippen LogP contribution in [0.15, 0.2) is 53.4 Å². The molecule has 8 heteroatoms. The molecule has 2 aromatic carbocycles. The van der Waals surface area contributed by atoms with Crippen molar-refractivity contribution in [3.63, 3.8) is 0 Å². The maximum absolute atomic E-state index is 12.3. The van der Waals surface area contributed by atoms with Gasteiger partial charge in [0.2, 0.25) is 0 Å². The Kier molecular flexibility index (Phi) is 5.67. The summed E-state index contributed by atoms with van der Waals surface area (Å²) < 4.78 is 1.59. The topological polar surface area (TPSA) is 72.7 Å². The normalized spacial score (nSPS) is 10.6. The lowest BCUT2D eigenvalue weighted by Crippen LogP contribution is -2.25. The van der Waals surface area contributed by atoms with Crippen LogP contribution in [-0.2, 0) is 0 Å². The smallest absolute Gasteiger partial charge is 0.251 e. The van der Waals surface area contributed by atoms with Crippen molar-refractivity contribution in [3.05, 3.63) is 64.9 Å². The van der Waals surface area contributed by atoms with Crippen LogP contribution in [0.25, 0.3) is 5.69 Å². The molecule has 3 rings (SSSR count). The van der Waals surface area contributed by atoms with E-state index >= 15 is 0 Å². The van der Waals surface area contributed by atoms with Crippen LogP contribution in [0.4, 0.5) is 0 Å². The van der Waals surface area contributed by atoms with Crippen molar-refractivity contribution in [2.24, 2.45) is 0 Å². The van der Waals surface area contributed by atoms with E-state index in [2.05, 4.69) is 20.8 Å². The third-order valence-corrected chi connectivity index (χ3v) is 4.71. The number of aromatic nitrogens is 4. The summed E-state index contributed by atoms with van der Waals surface area (Å²) in [5, 5.41) is 15.0. The minimum absolute atomic E-state index is 0.121. The Morgan fingerprint density at radius 2 is 2.04 bits per heavy atom. The van der Waals surface area contributed by atoms with Crippen molar-refractivity contribution in [2.45, 2.75) is 11.8 Å². The number of nitrogens with zero attached hydrogens (tertiary/aromatic N) is 4. The van der Waals surface area contributed by atoms with Crippen molar-refractivity contribution in [2.75, 3.05) is 12.3 Å². The largest absolute Gasteiger partial charge is 0.351 e. The average molecular weight is 374 g/mol. The molecule has 0 saturated heterocycles. The van der Waals surface area contributed by atoms with Gasteiger partial charge in [-0.1, -0.05) is 17.7 Å². The van der Waals surface area contributed by atoms with Crippen molar-refractivity contribution in [1.82, 2.24) is 25.5 Å². The quantitative estimate of drug-likeness (QED) is 0.530. The molecule has 0 saturated carbocycles. The first-order valence-electron chi connectivity index (χ1n) is 7.65. The molecule has 0 aliphatic heterocycles. The minimum Gasteiger partial charge on any atom is -0.351 e. The lowest BCUT2D eigenvalue weighted by atomic mass is 10.2. The number of halogens is 1. The zero-order valence-electron chi connectivity index (χ0n) is 13.5. The predicted octanol–water partition coefficient (Wildman–Crippen LogP) is 3.15. The Bertz CT molecular complexity index is 865. The number of rotatable bonds is 6. The first-order valence-corrected chi connectivity index (χ1v) is 9.02. The Hall–Kier alpha value is -2.38. The van der Waals surface area contributed by atoms with E-state index in [0.29, 0.717) is 17.9 Å². The predicted molar refractivity (Wildman–Crippen MR) is 98.4 cm³/mol. The SMILES string of the molecule is Cc1nnnn1-c1cccc(C(=O)NCCSc2ccc(Cl)cc2)c1. The van der Waals surface area contributed by atoms with Gasteiger partial charge in [-0.05, 0) is 59.8 Å². The molecule has 0 aliphatic carbocycles. The van der Waals surface area contributed by atoms with Gasteiger partial charge >= 0.3 is 0 Å². The number of hydrogen-bond donors (Lipinski definition) is 1. The Morgan fingerprint density at radius 1 is 1.24 bits per heavy atom. The Balaban J connectivity index is 1.55. The molecule has 25 heavy (non-hydrogen) atoms. The van der Waals surface area contributed by atoms with Crippen molar-refractivity contribution >= 4 is 29.3 Å². The van der Waals surface area contributed by atoms with Crippen molar-refractivity contribution in [1.29, 1.82) is 0 Å². The standard InChI is InChI=1S/C17H16ClN5OS/c1-12-20-21-22-23(12)15-4-2-3-13(11-15)17(24)19-9-10-25-16-7-5-14(18)6-8-16/h2-8,11H,9-10H2,1H3,(H,19,24). The van der Waals surface area contributed by atoms with Crippen LogP contribution in [0.5, 0.6) is 0 Å². The maximum atomic E-state index is 12.3. The molecular formula is C17H16ClN5OS. The molecule has 0 aliphatic rings. The number of amides is 1. The molecule has 1 N–H and O–H groups in total. The first-order chi connectivity index (χ1) is 12.1. The van der Waals surface area contributed by atoms with Crippen molar-refractivity contribution in [3.8, 4) is 5.69 Å². The molecule has 0 bridgehead atoms. The summed E-state index contributed by atoms with van der Waals surface area (Å²) in [6.07, 6.45) is 0. The van der Waals surface area contributed by atoms with Gasteiger partial charge in [-0.3, -0.25) is 4.79 Å². The van der Waals surface area contributed by atoms with Crippen LogP contribution in [0, 0.1) is 6.92 Å². The van der Waals surface area contributed by atoms with Gasteiger partial charge in [-0.15, -0.1) is 16.9 Å². The lowest BCUT2D eigenvalue weighted by molar-refractivity contribution is 0.0956. The van der Waals surface area contributed by atoms with Gasteiger partial charge in [-0.2, -0.15) is 4.68 Å². The third kappa shape index (κ3) is 4.58. The highest BCUT2D eigenvalue weighted by Crippen LogP contribution is 2.19. The number of nitrogens with one attached hydrogen (secondary N) is 1. The maximum Gasteiger partial charge on any atom is 0.251 e. The number of thioether (sulfide) groups is 1. The highest BCUT2D eigenvalue weighted by Gasteiger charge is 2.09. The van der Waals surface area contributed by atoms with Gasteiger partial charge in [0, 0.05) is 27.8 Å². The summed E-state index contributed by atoms with van der Waals surface area (Å²) in [7, 11) is 0. The summed E-state index contributed by atoms with van der Waals surface area (Å²) in [6, 6.07) is 14.9. The monoisotopic (exact) mass is 373 g/mol. The number of aryl methyl sites for hydroxylation is 1. The highest BCUT2D eigenvalue weighted by atomic mass is 35.5. The van der Waals surface area contributed by atoms with E-state index in [1.807, 2.05) is 36.4 Å². The summed E-state index contributed by atoms with van der Waals surface area (Å²) in [6.45, 7) is 2.38. The molecule has 0 fully saturated rings. The summed E-state index contributed by atoms with van der Waals surface area (Å²) in [4.78, 5) is 13.4. The fourth-order valence-electron chi connectivity index (χ4n) is 2.22. The molecular weight excluding hydrogens is 358 g/mol. The highest BCUT2D eigenvalue weighted by molar-refractivity contribution is 7.99. The molecule has 0 atom stereocenters. The molecule has 3 aromatic rings. The first kappa shape index (κ1) is 17.4. The molecule has 1 aromatic heterocycles. The van der Waals surface area contributed by atoms with E-state index in [-0.39, 0.29) is 5.91 Å². The Labute approximate surface area is 154 Å². The number of tetrazole rings is 1. The van der Waals surface area contributed by atoms with E-state index in [1.165, 1.54) is 0 Å². The van der Waals surface area contributed by atoms with Gasteiger partial charge in [0.15, 0.2) is 5.82 Å². The number of carbonyl (C=O) groups is 1. The fraction of sp³-hybridized carbons (Fsp3) is 0.176. The molecule has 1 amide bonds. The van der Waals surface area contributed by atoms with Crippen LogP contribution < -0.4 is 5.32 Å². The Morgan fingerprint density at radius 3 is 2.76 bits per heavy atom. The van der Waals surface area contributed by atoms with Gasteiger partial charge in [0.25, 0.3) is 5.91 Å². The van der Waals surface area contributed by atoms with Crippen LogP contribution in [0.3, 0.4) is 0 Å². The van der Waals surface area contributed by atoms with Gasteiger partial charge in [0.1, 0.15) is 0 Å². The lowest BCUT2D eigenvalue weighted by Gasteiger charge is -2.07. The molecule has 128 valence electrons. The fourth-order valence-corrected chi connectivity index (χ4v) is 3.11. The van der Waals surface area contributed by atoms with Crippen LogP contribution in [0.1, 0.15) is 16.2 Å². The molecule has 6 nitrogen and oxygen atoms in total. The van der Waals surface area contributed by atoms with Crippen LogP contribution in [-0.4, -0.2) is 38.4 Å². The van der Waals surface area contributed by atoms with Crippen molar-refractivity contribution < 1.29 is 4.79 Å². The second-order valence-electron chi connectivity index (χ2n) is 5.25. The molecule has 0 spiro atoms. The minimum atomic E-state index is -0.121. The molecule has 0 unspecified atom stereocenters. The van der Waals surface area contributed by atoms with Gasteiger partial charge in [-0.25, -0.2) is 0 Å². The van der Waals surface area contributed by atoms with E-state index in [0.717, 1.165) is 21.4 Å². The zero-order chi connectivity index (χ0) is 17.6. The number of carbonyl (C=O) groups excluding carboxylic acids is 1. The average Bonchev–Trinajstić information content (AvgIpc) is 3.06. The summed E-state index contributed by atoms with van der Waals surface area (Å²) in [5.41, 5.74) is 1.33. The van der Waals surface area contributed by atoms with E-state index < -0.39 is 0 Å². The van der Waals surface area contributed by atoms with Gasteiger partial charge in [0.05, 0.1) is 5.69 Å². The van der Waals surface area contributed by atoms with Crippen LogP contribution in [0.2, 0.25) is 5.02 Å². The number of benzene rings is 2.